The number of amides is 1. The lowest BCUT2D eigenvalue weighted by atomic mass is 9.91. The number of fused-ring (bicyclic) bond motifs is 1. The van der Waals surface area contributed by atoms with Gasteiger partial charge in [0.05, 0.1) is 5.41 Å². The molecule has 1 aromatic rings. The Hall–Kier alpha value is -0.870. The Morgan fingerprint density at radius 1 is 1.47 bits per heavy atom. The normalized spacial score (nSPS) is 18.2. The van der Waals surface area contributed by atoms with E-state index in [0.29, 0.717) is 12.6 Å². The Bertz CT molecular complexity index is 485. The molecule has 1 amide bonds. The molecule has 3 nitrogen and oxygen atoms in total. The second-order valence-electron chi connectivity index (χ2n) is 5.74. The molecule has 0 fully saturated rings. The molecule has 0 saturated carbocycles. The van der Waals surface area contributed by atoms with Gasteiger partial charge in [0.15, 0.2) is 0 Å². The summed E-state index contributed by atoms with van der Waals surface area (Å²) >= 11 is 3.61. The van der Waals surface area contributed by atoms with Crippen LogP contribution in [0.2, 0.25) is 0 Å². The summed E-state index contributed by atoms with van der Waals surface area (Å²) in [6.07, 6.45) is 2.19. The molecule has 19 heavy (non-hydrogen) atoms. The summed E-state index contributed by atoms with van der Waals surface area (Å²) < 4.78 is 1.19. The average molecular weight is 325 g/mol. The zero-order chi connectivity index (χ0) is 14.0. The standard InChI is InChI=1S/C15H21BrN2O/c1-15(2,14(19)17-3)9-18-13-8-7-10-11(13)5-4-6-12(10)16/h4-6,13,18H,7-9H2,1-3H3,(H,17,19)/t13-/m1/s1. The van der Waals surface area contributed by atoms with E-state index in [1.165, 1.54) is 15.6 Å². The van der Waals surface area contributed by atoms with Gasteiger partial charge in [0.25, 0.3) is 0 Å². The highest BCUT2D eigenvalue weighted by molar-refractivity contribution is 9.10. The van der Waals surface area contributed by atoms with E-state index < -0.39 is 0 Å². The van der Waals surface area contributed by atoms with Gasteiger partial charge in [-0.05, 0) is 43.9 Å². The van der Waals surface area contributed by atoms with Gasteiger partial charge in [-0.2, -0.15) is 0 Å². The Morgan fingerprint density at radius 3 is 2.89 bits per heavy atom. The lowest BCUT2D eigenvalue weighted by Gasteiger charge is -2.25. The van der Waals surface area contributed by atoms with E-state index >= 15 is 0 Å². The first-order chi connectivity index (χ1) is 8.95. The number of halogens is 1. The number of benzene rings is 1. The van der Waals surface area contributed by atoms with Crippen LogP contribution in [0.4, 0.5) is 0 Å². The maximum Gasteiger partial charge on any atom is 0.226 e. The van der Waals surface area contributed by atoms with Gasteiger partial charge in [-0.25, -0.2) is 0 Å². The fourth-order valence-electron chi connectivity index (χ4n) is 2.62. The zero-order valence-corrected chi connectivity index (χ0v) is 13.3. The fraction of sp³-hybridized carbons (Fsp3) is 0.533. The molecular formula is C15H21BrN2O. The summed E-state index contributed by atoms with van der Waals surface area (Å²) in [5, 5.41) is 6.26. The number of rotatable bonds is 4. The van der Waals surface area contributed by atoms with Crippen molar-refractivity contribution in [2.75, 3.05) is 13.6 Å². The Balaban J connectivity index is 2.04. The van der Waals surface area contributed by atoms with Crippen molar-refractivity contribution in [2.24, 2.45) is 5.41 Å². The number of hydrogen-bond donors (Lipinski definition) is 2. The van der Waals surface area contributed by atoms with Gasteiger partial charge >= 0.3 is 0 Å². The molecule has 1 atom stereocenters. The molecule has 0 unspecified atom stereocenters. The van der Waals surface area contributed by atoms with Crippen molar-refractivity contribution in [3.8, 4) is 0 Å². The van der Waals surface area contributed by atoms with E-state index in [9.17, 15) is 4.79 Å². The lowest BCUT2D eigenvalue weighted by Crippen LogP contribution is -2.42. The topological polar surface area (TPSA) is 41.1 Å². The lowest BCUT2D eigenvalue weighted by molar-refractivity contribution is -0.128. The predicted molar refractivity (Wildman–Crippen MR) is 81.1 cm³/mol. The molecule has 1 aromatic carbocycles. The van der Waals surface area contributed by atoms with Crippen LogP contribution < -0.4 is 10.6 Å². The highest BCUT2D eigenvalue weighted by Crippen LogP contribution is 2.35. The molecule has 0 saturated heterocycles. The first-order valence-electron chi connectivity index (χ1n) is 6.68. The van der Waals surface area contributed by atoms with Crippen molar-refractivity contribution < 1.29 is 4.79 Å². The van der Waals surface area contributed by atoms with Crippen LogP contribution in [0.5, 0.6) is 0 Å². The van der Waals surface area contributed by atoms with Crippen molar-refractivity contribution in [3.05, 3.63) is 33.8 Å². The van der Waals surface area contributed by atoms with Crippen molar-refractivity contribution in [1.82, 2.24) is 10.6 Å². The Kier molecular flexibility index (Phi) is 4.31. The number of carbonyl (C=O) groups excluding carboxylic acids is 1. The molecular weight excluding hydrogens is 304 g/mol. The molecule has 1 aliphatic carbocycles. The number of nitrogens with one attached hydrogen (secondary N) is 2. The fourth-order valence-corrected chi connectivity index (χ4v) is 3.20. The van der Waals surface area contributed by atoms with Crippen LogP contribution in [-0.2, 0) is 11.2 Å². The van der Waals surface area contributed by atoms with Crippen LogP contribution in [0.1, 0.15) is 37.4 Å². The number of carbonyl (C=O) groups is 1. The summed E-state index contributed by atoms with van der Waals surface area (Å²) in [6, 6.07) is 6.71. The van der Waals surface area contributed by atoms with Crippen LogP contribution in [0.25, 0.3) is 0 Å². The highest BCUT2D eigenvalue weighted by atomic mass is 79.9. The van der Waals surface area contributed by atoms with E-state index in [1.807, 2.05) is 13.8 Å². The third-order valence-electron chi connectivity index (χ3n) is 3.85. The number of hydrogen-bond acceptors (Lipinski definition) is 2. The zero-order valence-electron chi connectivity index (χ0n) is 11.7. The molecule has 1 aliphatic rings. The average Bonchev–Trinajstić information content (AvgIpc) is 2.80. The minimum Gasteiger partial charge on any atom is -0.359 e. The van der Waals surface area contributed by atoms with Crippen LogP contribution >= 0.6 is 15.9 Å². The summed E-state index contributed by atoms with van der Waals surface area (Å²) in [6.45, 7) is 4.62. The van der Waals surface area contributed by atoms with Gasteiger partial charge in [0, 0.05) is 24.1 Å². The maximum atomic E-state index is 11.8. The van der Waals surface area contributed by atoms with Crippen LogP contribution in [-0.4, -0.2) is 19.5 Å². The van der Waals surface area contributed by atoms with E-state index in [4.69, 9.17) is 0 Å². The van der Waals surface area contributed by atoms with Crippen molar-refractivity contribution in [1.29, 1.82) is 0 Å². The van der Waals surface area contributed by atoms with Crippen molar-refractivity contribution in [2.45, 2.75) is 32.7 Å². The summed E-state index contributed by atoms with van der Waals surface area (Å²) in [4.78, 5) is 11.8. The summed E-state index contributed by atoms with van der Waals surface area (Å²) in [7, 11) is 1.69. The molecule has 2 rings (SSSR count). The molecule has 0 aliphatic heterocycles. The largest absolute Gasteiger partial charge is 0.359 e. The van der Waals surface area contributed by atoms with Gasteiger partial charge in [0.1, 0.15) is 0 Å². The van der Waals surface area contributed by atoms with Crippen molar-refractivity contribution in [3.63, 3.8) is 0 Å². The Labute approximate surface area is 123 Å². The molecule has 0 aromatic heterocycles. The second kappa shape index (κ2) is 5.63. The predicted octanol–water partition coefficient (Wildman–Crippen LogP) is 2.80. The van der Waals surface area contributed by atoms with E-state index in [0.717, 1.165) is 12.8 Å². The van der Waals surface area contributed by atoms with Gasteiger partial charge < -0.3 is 10.6 Å². The van der Waals surface area contributed by atoms with Gasteiger partial charge in [-0.3, -0.25) is 4.79 Å². The monoisotopic (exact) mass is 324 g/mol. The molecule has 0 bridgehead atoms. The first kappa shape index (κ1) is 14.5. The third-order valence-corrected chi connectivity index (χ3v) is 4.59. The van der Waals surface area contributed by atoms with Crippen LogP contribution in [0.3, 0.4) is 0 Å². The molecule has 0 radical (unpaired) electrons. The second-order valence-corrected chi connectivity index (χ2v) is 6.60. The Morgan fingerprint density at radius 2 is 2.21 bits per heavy atom. The SMILES string of the molecule is CNC(=O)C(C)(C)CN[C@@H]1CCc2c(Br)cccc21. The van der Waals surface area contributed by atoms with E-state index in [1.54, 1.807) is 7.05 Å². The molecule has 4 heteroatoms. The molecule has 2 N–H and O–H groups in total. The first-order valence-corrected chi connectivity index (χ1v) is 7.48. The van der Waals surface area contributed by atoms with E-state index in [-0.39, 0.29) is 11.3 Å². The maximum absolute atomic E-state index is 11.8. The summed E-state index contributed by atoms with van der Waals surface area (Å²) in [5.41, 5.74) is 2.38. The highest BCUT2D eigenvalue weighted by Gasteiger charge is 2.30. The summed E-state index contributed by atoms with van der Waals surface area (Å²) in [5.74, 6) is 0.0764. The molecule has 0 heterocycles. The van der Waals surface area contributed by atoms with E-state index in [2.05, 4.69) is 44.8 Å². The molecule has 104 valence electrons. The van der Waals surface area contributed by atoms with Crippen LogP contribution in [0, 0.1) is 5.41 Å². The third kappa shape index (κ3) is 3.00. The quantitative estimate of drug-likeness (QED) is 0.894. The van der Waals surface area contributed by atoms with Crippen molar-refractivity contribution >= 4 is 21.8 Å². The van der Waals surface area contributed by atoms with Crippen LogP contribution in [0.15, 0.2) is 22.7 Å². The minimum absolute atomic E-state index is 0.0764. The van der Waals surface area contributed by atoms with Gasteiger partial charge in [0.2, 0.25) is 5.91 Å². The van der Waals surface area contributed by atoms with Gasteiger partial charge in [-0.1, -0.05) is 28.1 Å². The smallest absolute Gasteiger partial charge is 0.226 e. The molecule has 0 spiro atoms. The minimum atomic E-state index is -0.385. The van der Waals surface area contributed by atoms with Gasteiger partial charge in [-0.15, -0.1) is 0 Å².